The first-order valence-electron chi connectivity index (χ1n) is 3.56. The first-order chi connectivity index (χ1) is 5.24. The molecule has 0 amide bonds. The third kappa shape index (κ3) is 2.12. The molecule has 1 heterocycles. The van der Waals surface area contributed by atoms with E-state index in [9.17, 15) is 4.79 Å². The average molecular weight is 170 g/mol. The van der Waals surface area contributed by atoms with Crippen molar-refractivity contribution in [1.82, 2.24) is 0 Å². The molecular weight excluding hydrogens is 160 g/mol. The van der Waals surface area contributed by atoms with E-state index in [4.69, 9.17) is 4.42 Å². The predicted molar refractivity (Wildman–Crippen MR) is 46.2 cm³/mol. The largest absolute Gasteiger partial charge is 0.427 e. The fraction of sp³-hybridized carbons (Fsp3) is 0.375. The molecule has 0 aliphatic carbocycles. The van der Waals surface area contributed by atoms with Crippen molar-refractivity contribution in [2.45, 2.75) is 24.7 Å². The summed E-state index contributed by atoms with van der Waals surface area (Å²) in [4.78, 5) is 11.2. The molecule has 0 saturated carbocycles. The van der Waals surface area contributed by atoms with E-state index >= 15 is 0 Å². The number of hydrogen-bond donors (Lipinski definition) is 1. The van der Waals surface area contributed by atoms with Gasteiger partial charge in [-0.05, 0) is 18.6 Å². The quantitative estimate of drug-likeness (QED) is 0.687. The molecule has 3 heteroatoms. The van der Waals surface area contributed by atoms with Gasteiger partial charge in [0.25, 0.3) is 0 Å². The Kier molecular flexibility index (Phi) is 2.76. The lowest BCUT2D eigenvalue weighted by molar-refractivity contribution is 0.444. The second-order valence-corrected chi connectivity index (χ2v) is 2.81. The Morgan fingerprint density at radius 3 is 2.82 bits per heavy atom. The second kappa shape index (κ2) is 3.62. The Morgan fingerprint density at radius 1 is 1.55 bits per heavy atom. The topological polar surface area (TPSA) is 30.2 Å². The van der Waals surface area contributed by atoms with Crippen LogP contribution in [0.4, 0.5) is 0 Å². The molecule has 2 nitrogen and oxygen atoms in total. The minimum atomic E-state index is -0.348. The maximum absolute atomic E-state index is 10.9. The molecule has 0 aromatic carbocycles. The van der Waals surface area contributed by atoms with Gasteiger partial charge in [-0.25, -0.2) is 4.79 Å². The molecule has 60 valence electrons. The third-order valence-electron chi connectivity index (χ3n) is 1.36. The fourth-order valence-corrected chi connectivity index (χ4v) is 0.946. The summed E-state index contributed by atoms with van der Waals surface area (Å²) >= 11 is 3.91. The van der Waals surface area contributed by atoms with E-state index in [0.717, 1.165) is 18.6 Å². The van der Waals surface area contributed by atoms with Crippen LogP contribution < -0.4 is 5.63 Å². The van der Waals surface area contributed by atoms with Gasteiger partial charge in [0.15, 0.2) is 0 Å². The van der Waals surface area contributed by atoms with Gasteiger partial charge in [0.1, 0.15) is 5.76 Å². The fourth-order valence-electron chi connectivity index (χ4n) is 0.826. The molecule has 0 bridgehead atoms. The van der Waals surface area contributed by atoms with Crippen molar-refractivity contribution < 1.29 is 4.42 Å². The van der Waals surface area contributed by atoms with Crippen molar-refractivity contribution in [3.8, 4) is 0 Å². The minimum Gasteiger partial charge on any atom is -0.427 e. The van der Waals surface area contributed by atoms with Gasteiger partial charge in [-0.15, -0.1) is 12.6 Å². The molecule has 1 aromatic rings. The minimum absolute atomic E-state index is 0.348. The first-order valence-corrected chi connectivity index (χ1v) is 4.00. The van der Waals surface area contributed by atoms with Crippen LogP contribution in [-0.2, 0) is 6.42 Å². The van der Waals surface area contributed by atoms with Crippen molar-refractivity contribution in [1.29, 1.82) is 0 Å². The molecule has 0 saturated heterocycles. The van der Waals surface area contributed by atoms with E-state index in [1.807, 2.05) is 6.92 Å². The highest BCUT2D eigenvalue weighted by Gasteiger charge is 1.97. The van der Waals surface area contributed by atoms with Crippen molar-refractivity contribution in [3.63, 3.8) is 0 Å². The smallest absolute Gasteiger partial charge is 0.349 e. The highest BCUT2D eigenvalue weighted by molar-refractivity contribution is 7.80. The number of thiol groups is 1. The Labute approximate surface area is 70.6 Å². The SMILES string of the molecule is CCCc1ccc(S)c(=O)o1. The zero-order chi connectivity index (χ0) is 8.27. The lowest BCUT2D eigenvalue weighted by atomic mass is 10.2. The van der Waals surface area contributed by atoms with Gasteiger partial charge in [-0.3, -0.25) is 0 Å². The van der Waals surface area contributed by atoms with E-state index < -0.39 is 0 Å². The molecule has 1 aromatic heterocycles. The van der Waals surface area contributed by atoms with Crippen molar-refractivity contribution >= 4 is 12.6 Å². The standard InChI is InChI=1S/C8H10O2S/c1-2-3-6-4-5-7(11)8(9)10-6/h4-5,11H,2-3H2,1H3. The molecule has 0 radical (unpaired) electrons. The summed E-state index contributed by atoms with van der Waals surface area (Å²) < 4.78 is 4.92. The summed E-state index contributed by atoms with van der Waals surface area (Å²) in [5.74, 6) is 0.732. The second-order valence-electron chi connectivity index (χ2n) is 2.32. The van der Waals surface area contributed by atoms with Gasteiger partial charge in [-0.1, -0.05) is 6.92 Å². The summed E-state index contributed by atoms with van der Waals surface area (Å²) in [6.07, 6.45) is 1.79. The van der Waals surface area contributed by atoms with Gasteiger partial charge in [0, 0.05) is 6.42 Å². The maximum Gasteiger partial charge on any atom is 0.349 e. The zero-order valence-electron chi connectivity index (χ0n) is 6.33. The molecule has 1 rings (SSSR count). The summed E-state index contributed by atoms with van der Waals surface area (Å²) in [7, 11) is 0. The van der Waals surface area contributed by atoms with E-state index in [2.05, 4.69) is 12.6 Å². The van der Waals surface area contributed by atoms with E-state index in [-0.39, 0.29) is 5.63 Å². The van der Waals surface area contributed by atoms with Crippen LogP contribution in [-0.4, -0.2) is 0 Å². The third-order valence-corrected chi connectivity index (χ3v) is 1.69. The number of rotatable bonds is 2. The van der Waals surface area contributed by atoms with Gasteiger partial charge in [0.05, 0.1) is 4.90 Å². The van der Waals surface area contributed by atoms with Crippen molar-refractivity contribution in [3.05, 3.63) is 28.3 Å². The lowest BCUT2D eigenvalue weighted by Crippen LogP contribution is -2.01. The molecule has 0 unspecified atom stereocenters. The Balaban J connectivity index is 2.96. The van der Waals surface area contributed by atoms with Crippen LogP contribution in [0.15, 0.2) is 26.2 Å². The van der Waals surface area contributed by atoms with Gasteiger partial charge < -0.3 is 4.42 Å². The molecule has 0 spiro atoms. The Morgan fingerprint density at radius 2 is 2.27 bits per heavy atom. The Hall–Kier alpha value is -0.700. The van der Waals surface area contributed by atoms with Crippen molar-refractivity contribution in [2.24, 2.45) is 0 Å². The van der Waals surface area contributed by atoms with Crippen LogP contribution in [0, 0.1) is 0 Å². The van der Waals surface area contributed by atoms with E-state index in [1.54, 1.807) is 12.1 Å². The van der Waals surface area contributed by atoms with Gasteiger partial charge in [-0.2, -0.15) is 0 Å². The first kappa shape index (κ1) is 8.40. The summed E-state index contributed by atoms with van der Waals surface area (Å²) in [6.45, 7) is 2.04. The molecule has 0 aliphatic heterocycles. The average Bonchev–Trinajstić information content (AvgIpc) is 1.98. The maximum atomic E-state index is 10.9. The highest BCUT2D eigenvalue weighted by Crippen LogP contribution is 2.03. The molecule has 11 heavy (non-hydrogen) atoms. The van der Waals surface area contributed by atoms with Crippen LogP contribution in [0.1, 0.15) is 19.1 Å². The monoisotopic (exact) mass is 170 g/mol. The molecule has 0 N–H and O–H groups in total. The zero-order valence-corrected chi connectivity index (χ0v) is 7.23. The molecule has 0 atom stereocenters. The summed E-state index contributed by atoms with van der Waals surface area (Å²) in [5, 5.41) is 0. The van der Waals surface area contributed by atoms with Gasteiger partial charge in [0.2, 0.25) is 0 Å². The molecule has 0 aliphatic rings. The summed E-state index contributed by atoms with van der Waals surface area (Å²) in [6, 6.07) is 3.45. The molecule has 0 fully saturated rings. The van der Waals surface area contributed by atoms with Crippen LogP contribution in [0.5, 0.6) is 0 Å². The lowest BCUT2D eigenvalue weighted by Gasteiger charge is -1.95. The van der Waals surface area contributed by atoms with E-state index in [1.165, 1.54) is 0 Å². The summed E-state index contributed by atoms with van der Waals surface area (Å²) in [5.41, 5.74) is -0.348. The Bertz CT molecular complexity index is 290. The van der Waals surface area contributed by atoms with Crippen LogP contribution in [0.25, 0.3) is 0 Å². The highest BCUT2D eigenvalue weighted by atomic mass is 32.1. The number of hydrogen-bond acceptors (Lipinski definition) is 3. The number of aryl methyl sites for hydroxylation is 1. The van der Waals surface area contributed by atoms with Gasteiger partial charge >= 0.3 is 5.63 Å². The van der Waals surface area contributed by atoms with Crippen LogP contribution in [0.2, 0.25) is 0 Å². The van der Waals surface area contributed by atoms with Crippen molar-refractivity contribution in [2.75, 3.05) is 0 Å². The van der Waals surface area contributed by atoms with Crippen LogP contribution >= 0.6 is 12.6 Å². The predicted octanol–water partition coefficient (Wildman–Crippen LogP) is 1.88. The normalized spacial score (nSPS) is 10.0. The van der Waals surface area contributed by atoms with E-state index in [0.29, 0.717) is 4.90 Å². The van der Waals surface area contributed by atoms with Crippen LogP contribution in [0.3, 0.4) is 0 Å². The molecular formula is C8H10O2S.